The van der Waals surface area contributed by atoms with E-state index in [0.29, 0.717) is 22.9 Å². The van der Waals surface area contributed by atoms with Crippen LogP contribution in [-0.2, 0) is 6.54 Å². The van der Waals surface area contributed by atoms with Gasteiger partial charge in [0.1, 0.15) is 5.75 Å². The largest absolute Gasteiger partial charge is 0.492 e. The second-order valence-electron chi connectivity index (χ2n) is 8.28. The summed E-state index contributed by atoms with van der Waals surface area (Å²) in [6.07, 6.45) is 0. The van der Waals surface area contributed by atoms with Crippen LogP contribution < -0.4 is 20.3 Å². The summed E-state index contributed by atoms with van der Waals surface area (Å²) in [6.45, 7) is 7.39. The van der Waals surface area contributed by atoms with Crippen molar-refractivity contribution in [2.75, 3.05) is 43.0 Å². The highest BCUT2D eigenvalue weighted by Gasteiger charge is 2.17. The number of carbonyl (C=O) groups excluding carboxylic acids is 1. The Kier molecular flexibility index (Phi) is 8.58. The molecule has 1 heterocycles. The van der Waals surface area contributed by atoms with Gasteiger partial charge in [0.15, 0.2) is 5.11 Å². The maximum absolute atomic E-state index is 12.5. The number of nitrogens with zero attached hydrogens (tertiary/aromatic N) is 2. The summed E-state index contributed by atoms with van der Waals surface area (Å²) < 4.78 is 5.41. The zero-order valence-electron chi connectivity index (χ0n) is 19.7. The van der Waals surface area contributed by atoms with Gasteiger partial charge in [-0.05, 0) is 67.2 Å². The van der Waals surface area contributed by atoms with Gasteiger partial charge in [0, 0.05) is 49.7 Å². The fourth-order valence-electron chi connectivity index (χ4n) is 4.01. The molecule has 4 rings (SSSR count). The first-order valence-electron chi connectivity index (χ1n) is 11.7. The van der Waals surface area contributed by atoms with Crippen molar-refractivity contribution in [2.24, 2.45) is 0 Å². The van der Waals surface area contributed by atoms with Crippen LogP contribution in [0.5, 0.6) is 5.75 Å². The van der Waals surface area contributed by atoms with Gasteiger partial charge in [0.25, 0.3) is 5.91 Å². The van der Waals surface area contributed by atoms with E-state index in [0.717, 1.165) is 38.4 Å². The average Bonchev–Trinajstić information content (AvgIpc) is 2.87. The summed E-state index contributed by atoms with van der Waals surface area (Å²) in [5.74, 6) is 0.210. The molecule has 3 aromatic carbocycles. The second-order valence-corrected chi connectivity index (χ2v) is 9.10. The molecule has 1 amide bonds. The molecular weight excluding hydrogens is 480 g/mol. The molecule has 0 bridgehead atoms. The van der Waals surface area contributed by atoms with Crippen LogP contribution in [0.25, 0.3) is 0 Å². The van der Waals surface area contributed by atoms with Gasteiger partial charge < -0.3 is 15.0 Å². The van der Waals surface area contributed by atoms with Gasteiger partial charge in [0.05, 0.1) is 11.6 Å². The Balaban J connectivity index is 1.25. The van der Waals surface area contributed by atoms with E-state index in [1.165, 1.54) is 11.3 Å². The third-order valence-corrected chi connectivity index (χ3v) is 6.33. The minimum Gasteiger partial charge on any atom is -0.492 e. The van der Waals surface area contributed by atoms with E-state index in [9.17, 15) is 4.79 Å². The number of benzene rings is 3. The number of halogens is 1. The third kappa shape index (κ3) is 6.94. The molecule has 8 heteroatoms. The molecule has 1 aliphatic heterocycles. The van der Waals surface area contributed by atoms with Crippen molar-refractivity contribution in [3.8, 4) is 5.75 Å². The minimum atomic E-state index is -0.336. The first-order chi connectivity index (χ1) is 17.0. The van der Waals surface area contributed by atoms with E-state index in [1.807, 2.05) is 19.1 Å². The van der Waals surface area contributed by atoms with Gasteiger partial charge in [0.2, 0.25) is 0 Å². The Bertz CT molecular complexity index is 1150. The lowest BCUT2D eigenvalue weighted by atomic mass is 10.2. The van der Waals surface area contributed by atoms with Crippen LogP contribution in [0.15, 0.2) is 72.8 Å². The summed E-state index contributed by atoms with van der Waals surface area (Å²) in [5, 5.41) is 6.37. The number of ether oxygens (including phenoxy) is 1. The molecule has 1 saturated heterocycles. The predicted molar refractivity (Wildman–Crippen MR) is 147 cm³/mol. The van der Waals surface area contributed by atoms with Crippen molar-refractivity contribution >= 4 is 46.2 Å². The Morgan fingerprint density at radius 3 is 2.37 bits per heavy atom. The Morgan fingerprint density at radius 1 is 1.00 bits per heavy atom. The fourth-order valence-corrected chi connectivity index (χ4v) is 4.46. The first kappa shape index (κ1) is 25.0. The van der Waals surface area contributed by atoms with E-state index in [-0.39, 0.29) is 11.0 Å². The van der Waals surface area contributed by atoms with Gasteiger partial charge in [-0.25, -0.2) is 0 Å². The monoisotopic (exact) mass is 508 g/mol. The topological polar surface area (TPSA) is 56.8 Å². The highest BCUT2D eigenvalue weighted by molar-refractivity contribution is 7.80. The molecule has 0 saturated carbocycles. The fraction of sp³-hybridized carbons (Fsp3) is 0.259. The normalized spacial score (nSPS) is 13.8. The lowest BCUT2D eigenvalue weighted by Crippen LogP contribution is -2.45. The number of piperazine rings is 1. The Labute approximate surface area is 216 Å². The van der Waals surface area contributed by atoms with Crippen LogP contribution in [0.4, 0.5) is 11.4 Å². The van der Waals surface area contributed by atoms with Gasteiger partial charge in [-0.15, -0.1) is 0 Å². The second kappa shape index (κ2) is 12.0. The molecule has 182 valence electrons. The van der Waals surface area contributed by atoms with E-state index in [2.05, 4.69) is 62.9 Å². The van der Waals surface area contributed by atoms with E-state index >= 15 is 0 Å². The number of nitrogens with one attached hydrogen (secondary N) is 2. The van der Waals surface area contributed by atoms with E-state index < -0.39 is 0 Å². The van der Waals surface area contributed by atoms with Crippen LogP contribution in [0, 0.1) is 0 Å². The van der Waals surface area contributed by atoms with Crippen LogP contribution >= 0.6 is 23.8 Å². The number of anilines is 2. The Hall–Kier alpha value is -3.13. The van der Waals surface area contributed by atoms with Gasteiger partial charge in [-0.2, -0.15) is 0 Å². The maximum atomic E-state index is 12.5. The SMILES string of the molecule is CCOc1ccc(C(=O)NC(=S)Nc2ccc(N3CCN(Cc4ccccc4)CC3)cc2)cc1Cl. The van der Waals surface area contributed by atoms with Crippen LogP contribution in [0.2, 0.25) is 5.02 Å². The molecule has 0 spiro atoms. The minimum absolute atomic E-state index is 0.224. The standard InChI is InChI=1S/C27H29ClN4O2S/c1-2-34-25-13-8-21(18-24(25)28)26(33)30-27(35)29-22-9-11-23(12-10-22)32-16-14-31(15-17-32)19-20-6-4-3-5-7-20/h3-13,18H,2,14-17,19H2,1H3,(H2,29,30,33,35). The number of rotatable bonds is 7. The maximum Gasteiger partial charge on any atom is 0.257 e. The summed E-state index contributed by atoms with van der Waals surface area (Å²) in [7, 11) is 0. The molecule has 1 aliphatic rings. The first-order valence-corrected chi connectivity index (χ1v) is 12.5. The molecule has 0 aliphatic carbocycles. The lowest BCUT2D eigenvalue weighted by Gasteiger charge is -2.36. The molecule has 0 aromatic heterocycles. The Morgan fingerprint density at radius 2 is 1.71 bits per heavy atom. The van der Waals surface area contributed by atoms with Crippen molar-refractivity contribution in [1.82, 2.24) is 10.2 Å². The van der Waals surface area contributed by atoms with Crippen molar-refractivity contribution in [2.45, 2.75) is 13.5 Å². The number of carbonyl (C=O) groups is 1. The molecule has 0 unspecified atom stereocenters. The van der Waals surface area contributed by atoms with Crippen LogP contribution in [0.1, 0.15) is 22.8 Å². The highest BCUT2D eigenvalue weighted by Crippen LogP contribution is 2.25. The molecule has 2 N–H and O–H groups in total. The summed E-state index contributed by atoms with van der Waals surface area (Å²) in [5.41, 5.74) is 3.75. The number of hydrogen-bond donors (Lipinski definition) is 2. The van der Waals surface area contributed by atoms with E-state index in [4.69, 9.17) is 28.6 Å². The predicted octanol–water partition coefficient (Wildman–Crippen LogP) is 5.19. The highest BCUT2D eigenvalue weighted by atomic mass is 35.5. The number of amides is 1. The van der Waals surface area contributed by atoms with Crippen molar-refractivity contribution in [1.29, 1.82) is 0 Å². The third-order valence-electron chi connectivity index (χ3n) is 5.83. The quantitative estimate of drug-likeness (QED) is 0.428. The molecule has 0 atom stereocenters. The molecule has 0 radical (unpaired) electrons. The van der Waals surface area contributed by atoms with Gasteiger partial charge in [-0.1, -0.05) is 41.9 Å². The molecule has 6 nitrogen and oxygen atoms in total. The zero-order chi connectivity index (χ0) is 24.6. The molecule has 1 fully saturated rings. The lowest BCUT2D eigenvalue weighted by molar-refractivity contribution is 0.0977. The summed E-state index contributed by atoms with van der Waals surface area (Å²) >= 11 is 11.5. The van der Waals surface area contributed by atoms with Gasteiger partial charge >= 0.3 is 0 Å². The van der Waals surface area contributed by atoms with Crippen LogP contribution in [-0.4, -0.2) is 48.7 Å². The van der Waals surface area contributed by atoms with Crippen LogP contribution in [0.3, 0.4) is 0 Å². The smallest absolute Gasteiger partial charge is 0.257 e. The van der Waals surface area contributed by atoms with E-state index in [1.54, 1.807) is 18.2 Å². The molecule has 3 aromatic rings. The zero-order valence-corrected chi connectivity index (χ0v) is 21.2. The van der Waals surface area contributed by atoms with Crippen molar-refractivity contribution in [3.05, 3.63) is 88.9 Å². The molecule has 35 heavy (non-hydrogen) atoms. The van der Waals surface area contributed by atoms with Crippen molar-refractivity contribution in [3.63, 3.8) is 0 Å². The molecular formula is C27H29ClN4O2S. The number of hydrogen-bond acceptors (Lipinski definition) is 5. The summed E-state index contributed by atoms with van der Waals surface area (Å²) in [4.78, 5) is 17.4. The average molecular weight is 509 g/mol. The number of thiocarbonyl (C=S) groups is 1. The van der Waals surface area contributed by atoms with Crippen molar-refractivity contribution < 1.29 is 9.53 Å². The summed E-state index contributed by atoms with van der Waals surface area (Å²) in [6, 6.07) is 23.6. The van der Waals surface area contributed by atoms with Gasteiger partial charge in [-0.3, -0.25) is 15.0 Å².